The average molecular weight is 509 g/mol. The van der Waals surface area contributed by atoms with Gasteiger partial charge < -0.3 is 15.3 Å². The molecule has 0 spiro atoms. The number of carboxylic acid groups (broad SMARTS) is 1. The zero-order chi connectivity index (χ0) is 26.2. The Balaban J connectivity index is 1.24. The molecule has 1 heterocycles. The van der Waals surface area contributed by atoms with Crippen LogP contribution in [0.1, 0.15) is 64.2 Å². The van der Waals surface area contributed by atoms with Gasteiger partial charge in [-0.25, -0.2) is 4.79 Å². The second kappa shape index (κ2) is 10.1. The summed E-state index contributed by atoms with van der Waals surface area (Å²) in [6.07, 6.45) is 4.48. The molecule has 2 saturated carbocycles. The van der Waals surface area contributed by atoms with Crippen LogP contribution < -0.4 is 5.32 Å². The topological polar surface area (TPSA) is 86.7 Å². The Hall–Kier alpha value is -3.93. The highest BCUT2D eigenvalue weighted by Gasteiger charge is 2.43. The van der Waals surface area contributed by atoms with E-state index < -0.39 is 5.97 Å². The van der Waals surface area contributed by atoms with Crippen molar-refractivity contribution >= 4 is 17.8 Å². The quantitative estimate of drug-likeness (QED) is 0.440. The fraction of sp³-hybridized carbons (Fsp3) is 0.344. The second-order valence-electron chi connectivity index (χ2n) is 10.9. The molecule has 0 radical (unpaired) electrons. The molecular formula is C32H32N2O4. The molecule has 2 amide bonds. The predicted octanol–water partition coefficient (Wildman–Crippen LogP) is 5.16. The first kappa shape index (κ1) is 24.4. The van der Waals surface area contributed by atoms with Gasteiger partial charge in [-0.05, 0) is 83.0 Å². The van der Waals surface area contributed by atoms with Gasteiger partial charge in [0.1, 0.15) is 0 Å². The van der Waals surface area contributed by atoms with Crippen LogP contribution in [0.15, 0.2) is 66.7 Å². The molecule has 0 bridgehead atoms. The van der Waals surface area contributed by atoms with Crippen molar-refractivity contribution in [1.29, 1.82) is 0 Å². The fourth-order valence-corrected chi connectivity index (χ4v) is 5.77. The van der Waals surface area contributed by atoms with Crippen LogP contribution >= 0.6 is 0 Å². The lowest BCUT2D eigenvalue weighted by Gasteiger charge is -2.32. The van der Waals surface area contributed by atoms with Gasteiger partial charge in [-0.2, -0.15) is 0 Å². The number of fused-ring (bicyclic) bond motifs is 1. The minimum Gasteiger partial charge on any atom is -0.478 e. The van der Waals surface area contributed by atoms with Crippen LogP contribution in [-0.2, 0) is 29.1 Å². The number of amides is 2. The number of carboxylic acids is 1. The molecule has 3 aromatic rings. The van der Waals surface area contributed by atoms with Crippen LogP contribution in [0.5, 0.6) is 0 Å². The van der Waals surface area contributed by atoms with Crippen molar-refractivity contribution in [1.82, 2.24) is 10.2 Å². The molecule has 2 N–H and O–H groups in total. The maximum Gasteiger partial charge on any atom is 0.335 e. The van der Waals surface area contributed by atoms with Crippen molar-refractivity contribution in [2.75, 3.05) is 6.54 Å². The summed E-state index contributed by atoms with van der Waals surface area (Å²) in [6, 6.07) is 21.3. The Morgan fingerprint density at radius 3 is 2.53 bits per heavy atom. The van der Waals surface area contributed by atoms with Crippen molar-refractivity contribution in [2.45, 2.75) is 51.1 Å². The largest absolute Gasteiger partial charge is 0.478 e. The third-order valence-electron chi connectivity index (χ3n) is 8.25. The summed E-state index contributed by atoms with van der Waals surface area (Å²) < 4.78 is 0. The Kier molecular flexibility index (Phi) is 6.48. The summed E-state index contributed by atoms with van der Waals surface area (Å²) in [6.45, 7) is 1.59. The van der Waals surface area contributed by atoms with Gasteiger partial charge in [0.25, 0.3) is 0 Å². The summed E-state index contributed by atoms with van der Waals surface area (Å²) in [4.78, 5) is 39.5. The molecule has 38 heavy (non-hydrogen) atoms. The van der Waals surface area contributed by atoms with Gasteiger partial charge in [0.05, 0.1) is 5.56 Å². The standard InChI is InChI=1S/C32H32N2O4/c35-30(15-20-9-10-20)34-14-13-26-25(22-7-4-8-23(16-22)32(37)38)12-11-24(29(26)19-34)18-33-31(36)28-17-27(28)21-5-2-1-3-6-21/h1-8,11-12,16,20,27-28H,9-10,13-15,17-19H2,(H,33,36)(H,37,38)/t27-,28-/m1/s1. The molecule has 0 saturated heterocycles. The molecular weight excluding hydrogens is 476 g/mol. The number of nitrogens with zero attached hydrogens (tertiary/aromatic N) is 1. The van der Waals surface area contributed by atoms with E-state index in [-0.39, 0.29) is 29.2 Å². The van der Waals surface area contributed by atoms with Crippen molar-refractivity contribution < 1.29 is 19.5 Å². The number of carbonyl (C=O) groups excluding carboxylic acids is 2. The molecule has 2 aliphatic carbocycles. The Labute approximate surface area is 222 Å². The lowest BCUT2D eigenvalue weighted by atomic mass is 9.87. The van der Waals surface area contributed by atoms with Crippen LogP contribution in [0.2, 0.25) is 0 Å². The molecule has 6 nitrogen and oxygen atoms in total. The maximum atomic E-state index is 13.0. The zero-order valence-electron chi connectivity index (χ0n) is 21.4. The highest BCUT2D eigenvalue weighted by molar-refractivity contribution is 5.90. The first-order valence-electron chi connectivity index (χ1n) is 13.6. The van der Waals surface area contributed by atoms with Crippen LogP contribution in [-0.4, -0.2) is 34.3 Å². The van der Waals surface area contributed by atoms with Crippen LogP contribution in [0, 0.1) is 11.8 Å². The van der Waals surface area contributed by atoms with E-state index in [9.17, 15) is 19.5 Å². The van der Waals surface area contributed by atoms with E-state index in [0.29, 0.717) is 38.4 Å². The van der Waals surface area contributed by atoms with Crippen LogP contribution in [0.25, 0.3) is 11.1 Å². The minimum absolute atomic E-state index is 0.00266. The number of hydrogen-bond acceptors (Lipinski definition) is 3. The molecule has 194 valence electrons. The molecule has 6 heteroatoms. The summed E-state index contributed by atoms with van der Waals surface area (Å²) in [5.74, 6) is 0.139. The van der Waals surface area contributed by atoms with E-state index in [4.69, 9.17) is 0 Å². The maximum absolute atomic E-state index is 13.0. The Morgan fingerprint density at radius 2 is 1.76 bits per heavy atom. The van der Waals surface area contributed by atoms with Gasteiger partial charge >= 0.3 is 5.97 Å². The van der Waals surface area contributed by atoms with E-state index in [1.807, 2.05) is 41.3 Å². The summed E-state index contributed by atoms with van der Waals surface area (Å²) in [5, 5.41) is 12.7. The van der Waals surface area contributed by atoms with Gasteiger partial charge in [-0.1, -0.05) is 54.6 Å². The summed E-state index contributed by atoms with van der Waals surface area (Å²) >= 11 is 0. The number of carbonyl (C=O) groups is 3. The first-order valence-corrected chi connectivity index (χ1v) is 13.6. The third kappa shape index (κ3) is 5.08. The monoisotopic (exact) mass is 508 g/mol. The smallest absolute Gasteiger partial charge is 0.335 e. The summed E-state index contributed by atoms with van der Waals surface area (Å²) in [5.41, 5.74) is 6.56. The average Bonchev–Trinajstić information content (AvgIpc) is 3.87. The van der Waals surface area contributed by atoms with Gasteiger partial charge in [0.15, 0.2) is 0 Å². The Bertz CT molecular complexity index is 1400. The normalized spacial score (nSPS) is 19.9. The molecule has 6 rings (SSSR count). The van der Waals surface area contributed by atoms with Crippen LogP contribution in [0.4, 0.5) is 0 Å². The number of nitrogens with one attached hydrogen (secondary N) is 1. The molecule has 3 aromatic carbocycles. The van der Waals surface area contributed by atoms with E-state index in [2.05, 4.69) is 17.4 Å². The van der Waals surface area contributed by atoms with E-state index >= 15 is 0 Å². The molecule has 2 atom stereocenters. The van der Waals surface area contributed by atoms with E-state index in [0.717, 1.165) is 47.1 Å². The zero-order valence-corrected chi connectivity index (χ0v) is 21.4. The lowest BCUT2D eigenvalue weighted by molar-refractivity contribution is -0.132. The third-order valence-corrected chi connectivity index (χ3v) is 8.25. The van der Waals surface area contributed by atoms with E-state index in [1.165, 1.54) is 5.56 Å². The lowest BCUT2D eigenvalue weighted by Crippen LogP contribution is -2.37. The van der Waals surface area contributed by atoms with E-state index in [1.54, 1.807) is 18.2 Å². The van der Waals surface area contributed by atoms with Gasteiger partial charge in [-0.3, -0.25) is 9.59 Å². The van der Waals surface area contributed by atoms with Crippen molar-refractivity contribution in [3.05, 3.63) is 94.5 Å². The molecule has 0 unspecified atom stereocenters. The van der Waals surface area contributed by atoms with Crippen molar-refractivity contribution in [3.63, 3.8) is 0 Å². The Morgan fingerprint density at radius 1 is 0.947 bits per heavy atom. The molecule has 0 aromatic heterocycles. The summed E-state index contributed by atoms with van der Waals surface area (Å²) in [7, 11) is 0. The van der Waals surface area contributed by atoms with Gasteiger partial charge in [-0.15, -0.1) is 0 Å². The SMILES string of the molecule is O=C(O)c1cccc(-c2ccc(CNC(=O)[C@@H]3C[C@@H]3c3ccccc3)c3c2CCN(C(=O)CC2CC2)C3)c1. The molecule has 1 aliphatic heterocycles. The fourth-order valence-electron chi connectivity index (χ4n) is 5.77. The second-order valence-corrected chi connectivity index (χ2v) is 10.9. The first-order chi connectivity index (χ1) is 18.5. The number of hydrogen-bond donors (Lipinski definition) is 2. The number of benzene rings is 3. The highest BCUT2D eigenvalue weighted by Crippen LogP contribution is 2.47. The molecule has 3 aliphatic rings. The van der Waals surface area contributed by atoms with Crippen molar-refractivity contribution in [3.8, 4) is 11.1 Å². The predicted molar refractivity (Wildman–Crippen MR) is 144 cm³/mol. The van der Waals surface area contributed by atoms with Gasteiger partial charge in [0.2, 0.25) is 11.8 Å². The van der Waals surface area contributed by atoms with Crippen LogP contribution in [0.3, 0.4) is 0 Å². The molecule has 2 fully saturated rings. The highest BCUT2D eigenvalue weighted by atomic mass is 16.4. The van der Waals surface area contributed by atoms with Crippen molar-refractivity contribution in [2.24, 2.45) is 11.8 Å². The number of rotatable bonds is 8. The minimum atomic E-state index is -0.953. The van der Waals surface area contributed by atoms with Gasteiger partial charge in [0, 0.05) is 32.0 Å². The number of aromatic carboxylic acids is 1.